The zero-order valence-electron chi connectivity index (χ0n) is 14.6. The molecule has 2 aromatic rings. The predicted octanol–water partition coefficient (Wildman–Crippen LogP) is 2.21. The van der Waals surface area contributed by atoms with Gasteiger partial charge in [-0.25, -0.2) is 0 Å². The van der Waals surface area contributed by atoms with E-state index in [-0.39, 0.29) is 24.4 Å². The molecule has 1 fully saturated rings. The monoisotopic (exact) mass is 376 g/mol. The zero-order valence-corrected chi connectivity index (χ0v) is 15.5. The first-order valence-corrected chi connectivity index (χ1v) is 9.05. The average Bonchev–Trinajstić information content (AvgIpc) is 3.29. The SMILES string of the molecule is Cl.O=C(c1n[nH]c2c1CNCC2)N1CCCC1CC(O)c1ccccc1. The second-order valence-electron chi connectivity index (χ2n) is 6.91. The molecule has 6 nitrogen and oxygen atoms in total. The van der Waals surface area contributed by atoms with Crippen molar-refractivity contribution in [3.8, 4) is 0 Å². The standard InChI is InChI=1S/C19H24N4O2.ClH/c24-17(13-5-2-1-3-6-13)11-14-7-4-10-23(14)19(25)18-15-12-20-9-8-16(15)21-22-18;/h1-3,5-6,14,17,20,24H,4,7-12H2,(H,21,22);1H. The first-order valence-electron chi connectivity index (χ1n) is 9.05. The molecule has 4 rings (SSSR count). The highest BCUT2D eigenvalue weighted by atomic mass is 35.5. The largest absolute Gasteiger partial charge is 0.388 e. The molecule has 1 aromatic heterocycles. The number of hydrogen-bond acceptors (Lipinski definition) is 4. The number of aromatic nitrogens is 2. The highest BCUT2D eigenvalue weighted by Crippen LogP contribution is 2.29. The van der Waals surface area contributed by atoms with Crippen molar-refractivity contribution in [2.24, 2.45) is 0 Å². The topological polar surface area (TPSA) is 81.2 Å². The maximum absolute atomic E-state index is 13.0. The maximum Gasteiger partial charge on any atom is 0.274 e. The van der Waals surface area contributed by atoms with E-state index in [0.717, 1.165) is 49.2 Å². The fourth-order valence-electron chi connectivity index (χ4n) is 3.96. The normalized spacial score (nSPS) is 20.3. The van der Waals surface area contributed by atoms with Crippen LogP contribution >= 0.6 is 12.4 Å². The highest BCUT2D eigenvalue weighted by Gasteiger charge is 2.34. The first-order chi connectivity index (χ1) is 12.2. The summed E-state index contributed by atoms with van der Waals surface area (Å²) in [6.07, 6.45) is 2.81. The van der Waals surface area contributed by atoms with Gasteiger partial charge in [0.05, 0.1) is 6.10 Å². The summed E-state index contributed by atoms with van der Waals surface area (Å²) < 4.78 is 0. The van der Waals surface area contributed by atoms with Gasteiger partial charge in [0.25, 0.3) is 5.91 Å². The van der Waals surface area contributed by atoms with E-state index in [9.17, 15) is 9.90 Å². The van der Waals surface area contributed by atoms with Gasteiger partial charge in [-0.05, 0) is 24.8 Å². The van der Waals surface area contributed by atoms with Gasteiger partial charge in [0.2, 0.25) is 0 Å². The fraction of sp³-hybridized carbons (Fsp3) is 0.474. The summed E-state index contributed by atoms with van der Waals surface area (Å²) >= 11 is 0. The minimum Gasteiger partial charge on any atom is -0.388 e. The number of hydrogen-bond donors (Lipinski definition) is 3. The lowest BCUT2D eigenvalue weighted by Gasteiger charge is -2.26. The number of H-pyrrole nitrogens is 1. The van der Waals surface area contributed by atoms with Crippen LogP contribution in [0.3, 0.4) is 0 Å². The second-order valence-corrected chi connectivity index (χ2v) is 6.91. The van der Waals surface area contributed by atoms with Crippen LogP contribution in [-0.2, 0) is 13.0 Å². The number of aromatic amines is 1. The van der Waals surface area contributed by atoms with Crippen molar-refractivity contribution in [1.29, 1.82) is 0 Å². The van der Waals surface area contributed by atoms with Crippen LogP contribution in [0.4, 0.5) is 0 Å². The molecule has 0 radical (unpaired) electrons. The van der Waals surface area contributed by atoms with Crippen molar-refractivity contribution < 1.29 is 9.90 Å². The number of aliphatic hydroxyl groups is 1. The molecule has 26 heavy (non-hydrogen) atoms. The molecule has 140 valence electrons. The van der Waals surface area contributed by atoms with Crippen LogP contribution in [0.25, 0.3) is 0 Å². The number of amides is 1. The highest BCUT2D eigenvalue weighted by molar-refractivity contribution is 5.94. The molecule has 7 heteroatoms. The predicted molar refractivity (Wildman–Crippen MR) is 101 cm³/mol. The minimum absolute atomic E-state index is 0. The number of carbonyl (C=O) groups is 1. The molecule has 0 aliphatic carbocycles. The summed E-state index contributed by atoms with van der Waals surface area (Å²) in [5, 5.41) is 21.2. The van der Waals surface area contributed by atoms with Crippen LogP contribution in [0.15, 0.2) is 30.3 Å². The third-order valence-corrected chi connectivity index (χ3v) is 5.33. The van der Waals surface area contributed by atoms with Crippen molar-refractivity contribution in [3.05, 3.63) is 52.8 Å². The smallest absolute Gasteiger partial charge is 0.274 e. The molecule has 0 saturated carbocycles. The lowest BCUT2D eigenvalue weighted by molar-refractivity contribution is 0.0660. The van der Waals surface area contributed by atoms with Crippen molar-refractivity contribution in [1.82, 2.24) is 20.4 Å². The minimum atomic E-state index is -0.547. The van der Waals surface area contributed by atoms with Gasteiger partial charge in [-0.1, -0.05) is 30.3 Å². The lowest BCUT2D eigenvalue weighted by Crippen LogP contribution is -2.37. The summed E-state index contributed by atoms with van der Waals surface area (Å²) in [5.74, 6) is -0.0102. The summed E-state index contributed by atoms with van der Waals surface area (Å²) in [4.78, 5) is 14.9. The Morgan fingerprint density at radius 1 is 1.35 bits per heavy atom. The number of carbonyl (C=O) groups excluding carboxylic acids is 1. The van der Waals surface area contributed by atoms with E-state index in [1.165, 1.54) is 0 Å². The van der Waals surface area contributed by atoms with Gasteiger partial charge in [-0.15, -0.1) is 12.4 Å². The van der Waals surface area contributed by atoms with E-state index < -0.39 is 6.10 Å². The molecule has 3 heterocycles. The summed E-state index contributed by atoms with van der Waals surface area (Å²) in [5.41, 5.74) is 3.53. The number of nitrogens with zero attached hydrogens (tertiary/aromatic N) is 2. The van der Waals surface area contributed by atoms with Crippen LogP contribution in [0.1, 0.15) is 52.7 Å². The van der Waals surface area contributed by atoms with Gasteiger partial charge in [0.15, 0.2) is 5.69 Å². The first kappa shape index (κ1) is 18.9. The number of rotatable bonds is 4. The van der Waals surface area contributed by atoms with E-state index in [1.807, 2.05) is 35.2 Å². The Morgan fingerprint density at radius 3 is 2.96 bits per heavy atom. The number of halogens is 1. The van der Waals surface area contributed by atoms with Gasteiger partial charge in [-0.2, -0.15) is 5.10 Å². The van der Waals surface area contributed by atoms with Crippen LogP contribution in [0, 0.1) is 0 Å². The summed E-state index contributed by atoms with van der Waals surface area (Å²) in [6, 6.07) is 9.73. The molecule has 1 saturated heterocycles. The van der Waals surface area contributed by atoms with Crippen molar-refractivity contribution >= 4 is 18.3 Å². The molecule has 1 amide bonds. The Labute approximate surface area is 159 Å². The number of aliphatic hydroxyl groups excluding tert-OH is 1. The number of benzene rings is 1. The van der Waals surface area contributed by atoms with E-state index in [2.05, 4.69) is 15.5 Å². The molecule has 0 bridgehead atoms. The third kappa shape index (κ3) is 3.63. The second kappa shape index (κ2) is 8.20. The van der Waals surface area contributed by atoms with E-state index in [4.69, 9.17) is 0 Å². The lowest BCUT2D eigenvalue weighted by atomic mass is 10.00. The van der Waals surface area contributed by atoms with Crippen LogP contribution in [-0.4, -0.2) is 45.2 Å². The van der Waals surface area contributed by atoms with Crippen LogP contribution < -0.4 is 5.32 Å². The Hall–Kier alpha value is -1.89. The van der Waals surface area contributed by atoms with E-state index in [0.29, 0.717) is 18.7 Å². The Morgan fingerprint density at radius 2 is 2.15 bits per heavy atom. The van der Waals surface area contributed by atoms with Gasteiger partial charge < -0.3 is 15.3 Å². The molecular weight excluding hydrogens is 352 g/mol. The molecule has 2 aliphatic heterocycles. The van der Waals surface area contributed by atoms with Crippen molar-refractivity contribution in [3.63, 3.8) is 0 Å². The molecule has 2 aliphatic rings. The van der Waals surface area contributed by atoms with Crippen LogP contribution in [0.5, 0.6) is 0 Å². The quantitative estimate of drug-likeness (QED) is 0.764. The molecule has 2 unspecified atom stereocenters. The molecule has 1 aromatic carbocycles. The molecule has 0 spiro atoms. The van der Waals surface area contributed by atoms with E-state index >= 15 is 0 Å². The molecule has 2 atom stereocenters. The number of fused-ring (bicyclic) bond motifs is 1. The molecular formula is C19H25ClN4O2. The number of likely N-dealkylation sites (tertiary alicyclic amines) is 1. The van der Waals surface area contributed by atoms with Gasteiger partial charge in [0.1, 0.15) is 0 Å². The van der Waals surface area contributed by atoms with Crippen molar-refractivity contribution in [2.75, 3.05) is 13.1 Å². The fourth-order valence-corrected chi connectivity index (χ4v) is 3.96. The Balaban J connectivity index is 0.00000196. The molecule has 3 N–H and O–H groups in total. The van der Waals surface area contributed by atoms with Gasteiger partial charge in [0, 0.05) is 43.4 Å². The maximum atomic E-state index is 13.0. The third-order valence-electron chi connectivity index (χ3n) is 5.33. The van der Waals surface area contributed by atoms with Gasteiger partial charge >= 0.3 is 0 Å². The zero-order chi connectivity index (χ0) is 17.2. The van der Waals surface area contributed by atoms with Crippen LogP contribution in [0.2, 0.25) is 0 Å². The van der Waals surface area contributed by atoms with E-state index in [1.54, 1.807) is 0 Å². The summed E-state index contributed by atoms with van der Waals surface area (Å²) in [6.45, 7) is 2.34. The van der Waals surface area contributed by atoms with Gasteiger partial charge in [-0.3, -0.25) is 9.89 Å². The average molecular weight is 377 g/mol. The number of nitrogens with one attached hydrogen (secondary N) is 2. The summed E-state index contributed by atoms with van der Waals surface area (Å²) in [7, 11) is 0. The Kier molecular flexibility index (Phi) is 5.96. The van der Waals surface area contributed by atoms with Crippen molar-refractivity contribution in [2.45, 2.75) is 44.4 Å². The Bertz CT molecular complexity index is 749.